The summed E-state index contributed by atoms with van der Waals surface area (Å²) in [4.78, 5) is 11.9. The molecule has 1 amide bonds. The van der Waals surface area contributed by atoms with Gasteiger partial charge in [-0.2, -0.15) is 0 Å². The Morgan fingerprint density at radius 3 is 2.45 bits per heavy atom. The third-order valence-electron chi connectivity index (χ3n) is 2.91. The van der Waals surface area contributed by atoms with E-state index in [1.807, 2.05) is 30.3 Å². The molecule has 0 radical (unpaired) electrons. The fraction of sp³-hybridized carbons (Fsp3) is 0.533. The molecule has 114 valence electrons. The van der Waals surface area contributed by atoms with Gasteiger partial charge in [-0.25, -0.2) is 0 Å². The second-order valence-corrected chi connectivity index (χ2v) is 4.87. The lowest BCUT2D eigenvalue weighted by molar-refractivity contribution is -0.121. The van der Waals surface area contributed by atoms with Gasteiger partial charge in [-0.1, -0.05) is 44.2 Å². The van der Waals surface area contributed by atoms with Crippen LogP contribution in [0.5, 0.6) is 0 Å². The molecule has 4 nitrogen and oxygen atoms in total. The van der Waals surface area contributed by atoms with E-state index in [1.165, 1.54) is 0 Å². The molecule has 0 aromatic heterocycles. The summed E-state index contributed by atoms with van der Waals surface area (Å²) in [6.45, 7) is 5.83. The predicted molar refractivity (Wildman–Crippen MR) is 84.2 cm³/mol. The minimum atomic E-state index is 0. The molecule has 0 saturated heterocycles. The van der Waals surface area contributed by atoms with Crippen LogP contribution in [0.25, 0.3) is 0 Å². The molecule has 0 bridgehead atoms. The van der Waals surface area contributed by atoms with Crippen LogP contribution >= 0.6 is 12.4 Å². The maximum absolute atomic E-state index is 11.9. The van der Waals surface area contributed by atoms with Gasteiger partial charge < -0.3 is 15.4 Å². The first-order chi connectivity index (χ1) is 9.15. The number of benzene rings is 1. The van der Waals surface area contributed by atoms with E-state index in [-0.39, 0.29) is 24.4 Å². The Morgan fingerprint density at radius 2 is 1.90 bits per heavy atom. The topological polar surface area (TPSA) is 50.4 Å². The predicted octanol–water partition coefficient (Wildman–Crippen LogP) is 2.16. The highest BCUT2D eigenvalue weighted by molar-refractivity contribution is 5.85. The van der Waals surface area contributed by atoms with Crippen LogP contribution in [0.3, 0.4) is 0 Å². The summed E-state index contributed by atoms with van der Waals surface area (Å²) in [5.74, 6) is 0.365. The third-order valence-corrected chi connectivity index (χ3v) is 2.91. The van der Waals surface area contributed by atoms with Crippen LogP contribution in [0, 0.1) is 5.92 Å². The van der Waals surface area contributed by atoms with Gasteiger partial charge in [-0.15, -0.1) is 12.4 Å². The summed E-state index contributed by atoms with van der Waals surface area (Å²) in [7, 11) is 1.64. The summed E-state index contributed by atoms with van der Waals surface area (Å²) < 4.78 is 4.92. The van der Waals surface area contributed by atoms with E-state index in [9.17, 15) is 4.79 Å². The highest BCUT2D eigenvalue weighted by Crippen LogP contribution is 2.20. The number of carbonyl (C=O) groups excluding carboxylic acids is 1. The van der Waals surface area contributed by atoms with Crippen molar-refractivity contribution in [2.24, 2.45) is 5.92 Å². The number of nitrogens with one attached hydrogen (secondary N) is 2. The van der Waals surface area contributed by atoms with Gasteiger partial charge in [0, 0.05) is 13.7 Å². The number of ether oxygens (including phenoxy) is 1. The van der Waals surface area contributed by atoms with Gasteiger partial charge in [0.2, 0.25) is 5.91 Å². The molecule has 1 atom stereocenters. The maximum Gasteiger partial charge on any atom is 0.234 e. The molecular formula is C15H25ClN2O2. The molecule has 1 unspecified atom stereocenters. The Balaban J connectivity index is 0.00000361. The molecule has 1 rings (SSSR count). The number of amides is 1. The number of rotatable bonds is 8. The van der Waals surface area contributed by atoms with Gasteiger partial charge in [-0.05, 0) is 11.5 Å². The Bertz CT molecular complexity index is 371. The van der Waals surface area contributed by atoms with Crippen molar-refractivity contribution in [1.82, 2.24) is 10.6 Å². The van der Waals surface area contributed by atoms with E-state index >= 15 is 0 Å². The lowest BCUT2D eigenvalue weighted by Gasteiger charge is -2.23. The van der Waals surface area contributed by atoms with E-state index in [1.54, 1.807) is 7.11 Å². The van der Waals surface area contributed by atoms with Crippen molar-refractivity contribution < 1.29 is 9.53 Å². The zero-order valence-corrected chi connectivity index (χ0v) is 13.2. The molecule has 0 heterocycles. The average Bonchev–Trinajstić information content (AvgIpc) is 2.41. The van der Waals surface area contributed by atoms with Crippen molar-refractivity contribution in [3.63, 3.8) is 0 Å². The fourth-order valence-corrected chi connectivity index (χ4v) is 1.90. The first-order valence-corrected chi connectivity index (χ1v) is 6.69. The van der Waals surface area contributed by atoms with Crippen LogP contribution in [-0.2, 0) is 9.53 Å². The molecular weight excluding hydrogens is 276 g/mol. The molecule has 0 aliphatic carbocycles. The van der Waals surface area contributed by atoms with E-state index in [2.05, 4.69) is 24.5 Å². The Hall–Kier alpha value is -1.10. The number of methoxy groups -OCH3 is 1. The van der Waals surface area contributed by atoms with Gasteiger partial charge in [0.25, 0.3) is 0 Å². The summed E-state index contributed by atoms with van der Waals surface area (Å²) >= 11 is 0. The van der Waals surface area contributed by atoms with Crippen molar-refractivity contribution in [3.05, 3.63) is 35.9 Å². The molecule has 0 fully saturated rings. The van der Waals surface area contributed by atoms with Crippen LogP contribution < -0.4 is 10.6 Å². The fourth-order valence-electron chi connectivity index (χ4n) is 1.90. The van der Waals surface area contributed by atoms with Gasteiger partial charge in [0.15, 0.2) is 0 Å². The summed E-state index contributed by atoms with van der Waals surface area (Å²) in [6.07, 6.45) is 0. The number of hydrogen-bond acceptors (Lipinski definition) is 3. The number of halogens is 1. The van der Waals surface area contributed by atoms with Crippen molar-refractivity contribution in [1.29, 1.82) is 0 Å². The first-order valence-electron chi connectivity index (χ1n) is 6.69. The minimum absolute atomic E-state index is 0. The van der Waals surface area contributed by atoms with Gasteiger partial charge >= 0.3 is 0 Å². The lowest BCUT2D eigenvalue weighted by atomic mass is 9.96. The van der Waals surface area contributed by atoms with E-state index < -0.39 is 0 Å². The van der Waals surface area contributed by atoms with Crippen molar-refractivity contribution in [2.45, 2.75) is 19.9 Å². The molecule has 0 spiro atoms. The Labute approximate surface area is 127 Å². The average molecular weight is 301 g/mol. The summed E-state index contributed by atoms with van der Waals surface area (Å²) in [6, 6.07) is 10.1. The third kappa shape index (κ3) is 6.89. The summed E-state index contributed by atoms with van der Waals surface area (Å²) in [5, 5.41) is 6.11. The normalized spacial score (nSPS) is 11.8. The molecule has 20 heavy (non-hydrogen) atoms. The smallest absolute Gasteiger partial charge is 0.234 e. The highest BCUT2D eigenvalue weighted by atomic mass is 35.5. The maximum atomic E-state index is 11.9. The lowest BCUT2D eigenvalue weighted by Crippen LogP contribution is -2.38. The van der Waals surface area contributed by atoms with E-state index in [0.29, 0.717) is 25.6 Å². The molecule has 2 N–H and O–H groups in total. The molecule has 0 saturated carbocycles. The van der Waals surface area contributed by atoms with Crippen LogP contribution in [0.15, 0.2) is 30.3 Å². The van der Waals surface area contributed by atoms with Gasteiger partial charge in [0.1, 0.15) is 0 Å². The summed E-state index contributed by atoms with van der Waals surface area (Å²) in [5.41, 5.74) is 1.14. The quantitative estimate of drug-likeness (QED) is 0.723. The van der Waals surface area contributed by atoms with Crippen LogP contribution in [0.2, 0.25) is 0 Å². The largest absolute Gasteiger partial charge is 0.383 e. The SMILES string of the molecule is COCCNCC(=O)NC(c1ccccc1)C(C)C.Cl. The molecule has 1 aromatic carbocycles. The van der Waals surface area contributed by atoms with Crippen LogP contribution in [-0.4, -0.2) is 32.7 Å². The Morgan fingerprint density at radius 1 is 1.25 bits per heavy atom. The van der Waals surface area contributed by atoms with Crippen molar-refractivity contribution >= 4 is 18.3 Å². The van der Waals surface area contributed by atoms with E-state index in [0.717, 1.165) is 5.56 Å². The van der Waals surface area contributed by atoms with Crippen LogP contribution in [0.4, 0.5) is 0 Å². The second kappa shape index (κ2) is 10.7. The molecule has 1 aromatic rings. The number of hydrogen-bond donors (Lipinski definition) is 2. The van der Waals surface area contributed by atoms with Crippen LogP contribution in [0.1, 0.15) is 25.5 Å². The van der Waals surface area contributed by atoms with Gasteiger partial charge in [-0.3, -0.25) is 4.79 Å². The van der Waals surface area contributed by atoms with Crippen molar-refractivity contribution in [3.8, 4) is 0 Å². The number of carbonyl (C=O) groups is 1. The second-order valence-electron chi connectivity index (χ2n) is 4.87. The minimum Gasteiger partial charge on any atom is -0.383 e. The Kier molecular flexibility index (Phi) is 10.1. The standard InChI is InChI=1S/C15H24N2O2.ClH/c1-12(2)15(13-7-5-4-6-8-13)17-14(18)11-16-9-10-19-3;/h4-8,12,15-16H,9-11H2,1-3H3,(H,17,18);1H. The molecule has 0 aliphatic heterocycles. The zero-order valence-electron chi connectivity index (χ0n) is 12.4. The highest BCUT2D eigenvalue weighted by Gasteiger charge is 2.17. The molecule has 5 heteroatoms. The zero-order chi connectivity index (χ0) is 14.1. The monoisotopic (exact) mass is 300 g/mol. The first kappa shape index (κ1) is 18.9. The molecule has 0 aliphatic rings. The van der Waals surface area contributed by atoms with E-state index in [4.69, 9.17) is 4.74 Å². The van der Waals surface area contributed by atoms with Crippen molar-refractivity contribution in [2.75, 3.05) is 26.8 Å². The van der Waals surface area contributed by atoms with Gasteiger partial charge in [0.05, 0.1) is 19.2 Å².